The zero-order chi connectivity index (χ0) is 19.2. The van der Waals surface area contributed by atoms with Crippen LogP contribution in [-0.2, 0) is 11.2 Å². The quantitative estimate of drug-likeness (QED) is 0.313. The van der Waals surface area contributed by atoms with Gasteiger partial charge < -0.3 is 16.0 Å². The maximum Gasteiger partial charge on any atom is 0.225 e. The van der Waals surface area contributed by atoms with E-state index in [0.717, 1.165) is 30.3 Å². The molecule has 8 heteroatoms. The van der Waals surface area contributed by atoms with Gasteiger partial charge in [-0.1, -0.05) is 32.0 Å². The number of carbonyl (C=O) groups excluding carboxylic acids is 1. The summed E-state index contributed by atoms with van der Waals surface area (Å²) in [4.78, 5) is 20.9. The highest BCUT2D eigenvalue weighted by molar-refractivity contribution is 14.0. The predicted octanol–water partition coefficient (Wildman–Crippen LogP) is 3.72. The summed E-state index contributed by atoms with van der Waals surface area (Å²) < 4.78 is 0. The molecule has 3 rings (SSSR count). The predicted molar refractivity (Wildman–Crippen MR) is 127 cm³/mol. The van der Waals surface area contributed by atoms with Crippen LogP contribution in [0.15, 0.2) is 34.6 Å². The van der Waals surface area contributed by atoms with Gasteiger partial charge in [0, 0.05) is 55.9 Å². The van der Waals surface area contributed by atoms with Gasteiger partial charge in [-0.3, -0.25) is 9.79 Å². The molecule has 1 amide bonds. The molecular weight excluding hydrogens is 485 g/mol. The number of thiazole rings is 1. The van der Waals surface area contributed by atoms with Gasteiger partial charge in [-0.25, -0.2) is 4.98 Å². The second-order valence-corrected chi connectivity index (χ2v) is 7.89. The molecule has 0 fully saturated rings. The molecule has 3 N–H and O–H groups in total. The second-order valence-electron chi connectivity index (χ2n) is 7.00. The number of carbonyl (C=O) groups is 1. The molecular formula is C20H28IN5OS. The van der Waals surface area contributed by atoms with Gasteiger partial charge in [-0.15, -0.1) is 35.3 Å². The fourth-order valence-electron chi connectivity index (χ4n) is 3.14. The van der Waals surface area contributed by atoms with Crippen molar-refractivity contribution < 1.29 is 4.79 Å². The van der Waals surface area contributed by atoms with Crippen molar-refractivity contribution in [3.05, 3.63) is 45.9 Å². The van der Waals surface area contributed by atoms with Crippen molar-refractivity contribution >= 4 is 52.9 Å². The fraction of sp³-hybridized carbons (Fsp3) is 0.450. The maximum atomic E-state index is 11.9. The van der Waals surface area contributed by atoms with Crippen LogP contribution in [0.1, 0.15) is 48.4 Å². The molecule has 1 atom stereocenters. The number of aliphatic imine (C=N–C) groups is 1. The van der Waals surface area contributed by atoms with E-state index in [0.29, 0.717) is 18.9 Å². The number of guanidine groups is 1. The molecule has 2 aromatic rings. The fourth-order valence-corrected chi connectivity index (χ4v) is 4.01. The van der Waals surface area contributed by atoms with E-state index < -0.39 is 0 Å². The first kappa shape index (κ1) is 22.6. The Kier molecular flexibility index (Phi) is 8.68. The molecule has 0 bridgehead atoms. The Bertz CT molecular complexity index is 820. The summed E-state index contributed by atoms with van der Waals surface area (Å²) in [5.41, 5.74) is 3.20. The van der Waals surface area contributed by atoms with Gasteiger partial charge in [0.1, 0.15) is 0 Å². The van der Waals surface area contributed by atoms with Crippen LogP contribution in [0.3, 0.4) is 0 Å². The Morgan fingerprint density at radius 1 is 1.36 bits per heavy atom. The lowest BCUT2D eigenvalue weighted by Gasteiger charge is -2.26. The van der Waals surface area contributed by atoms with Gasteiger partial charge in [0.25, 0.3) is 0 Å². The molecule has 152 valence electrons. The topological polar surface area (TPSA) is 78.4 Å². The number of hydrogen-bond donors (Lipinski definition) is 3. The van der Waals surface area contributed by atoms with E-state index >= 15 is 0 Å². The molecule has 0 aliphatic carbocycles. The minimum atomic E-state index is 0. The number of fused-ring (bicyclic) bond motifs is 1. The highest BCUT2D eigenvalue weighted by Gasteiger charge is 2.24. The third-order valence-electron chi connectivity index (χ3n) is 4.58. The summed E-state index contributed by atoms with van der Waals surface area (Å²) in [6.07, 6.45) is 1.34. The van der Waals surface area contributed by atoms with E-state index in [1.165, 1.54) is 10.6 Å². The molecule has 0 saturated heterocycles. The zero-order valence-corrected chi connectivity index (χ0v) is 19.6. The van der Waals surface area contributed by atoms with Gasteiger partial charge in [-0.05, 0) is 11.6 Å². The monoisotopic (exact) mass is 513 g/mol. The van der Waals surface area contributed by atoms with Crippen LogP contribution in [0.4, 0.5) is 5.69 Å². The normalized spacial score (nSPS) is 16.2. The van der Waals surface area contributed by atoms with E-state index in [1.807, 2.05) is 18.2 Å². The number of nitrogens with zero attached hydrogens (tertiary/aromatic N) is 2. The number of benzene rings is 1. The average molecular weight is 513 g/mol. The van der Waals surface area contributed by atoms with Crippen molar-refractivity contribution in [2.75, 3.05) is 25.5 Å². The van der Waals surface area contributed by atoms with E-state index in [2.05, 4.69) is 51.2 Å². The number of anilines is 1. The average Bonchev–Trinajstić information content (AvgIpc) is 3.13. The molecule has 1 aromatic heterocycles. The van der Waals surface area contributed by atoms with Crippen molar-refractivity contribution in [3.63, 3.8) is 0 Å². The largest absolute Gasteiger partial charge is 0.356 e. The molecule has 1 unspecified atom stereocenters. The third-order valence-corrected chi connectivity index (χ3v) is 5.78. The summed E-state index contributed by atoms with van der Waals surface area (Å²) in [5, 5.41) is 12.9. The molecule has 0 spiro atoms. The molecule has 0 saturated carbocycles. The van der Waals surface area contributed by atoms with Crippen LogP contribution in [-0.4, -0.2) is 37.0 Å². The number of amides is 1. The Balaban J connectivity index is 0.00000280. The number of halogens is 1. The maximum absolute atomic E-state index is 11.9. The molecule has 2 heterocycles. The van der Waals surface area contributed by atoms with Gasteiger partial charge in [0.15, 0.2) is 5.96 Å². The Morgan fingerprint density at radius 3 is 2.86 bits per heavy atom. The number of hydrogen-bond acceptors (Lipinski definition) is 4. The number of aromatic nitrogens is 1. The van der Waals surface area contributed by atoms with Crippen molar-refractivity contribution in [3.8, 4) is 0 Å². The summed E-state index contributed by atoms with van der Waals surface area (Å²) in [5.74, 6) is 1.42. The summed E-state index contributed by atoms with van der Waals surface area (Å²) in [6, 6.07) is 7.98. The molecule has 28 heavy (non-hydrogen) atoms. The standard InChI is InChI=1S/C20H27N5OS.HI/c1-13(2)19-24-15(12-27-19)8-9-22-20(21-3)23-11-14-10-18(26)25-17-7-5-4-6-16(14)17;/h4-7,12-14H,8-11H2,1-3H3,(H,25,26)(H2,21,22,23);1H. The first-order chi connectivity index (χ1) is 13.1. The van der Waals surface area contributed by atoms with Gasteiger partial charge in [-0.2, -0.15) is 0 Å². The molecule has 6 nitrogen and oxygen atoms in total. The second kappa shape index (κ2) is 10.8. The lowest BCUT2D eigenvalue weighted by Crippen LogP contribution is -2.41. The lowest BCUT2D eigenvalue weighted by molar-refractivity contribution is -0.116. The Hall–Kier alpha value is -1.68. The molecule has 0 radical (unpaired) electrons. The number of nitrogens with one attached hydrogen (secondary N) is 3. The van der Waals surface area contributed by atoms with Crippen molar-refractivity contribution in [2.45, 2.75) is 38.5 Å². The van der Waals surface area contributed by atoms with Crippen molar-refractivity contribution in [1.82, 2.24) is 15.6 Å². The van der Waals surface area contributed by atoms with Crippen LogP contribution in [0.25, 0.3) is 0 Å². The highest BCUT2D eigenvalue weighted by atomic mass is 127. The minimum absolute atomic E-state index is 0. The Labute approximate surface area is 187 Å². The van der Waals surface area contributed by atoms with Gasteiger partial charge in [0.2, 0.25) is 5.91 Å². The first-order valence-corrected chi connectivity index (χ1v) is 10.2. The molecule has 1 aliphatic heterocycles. The van der Waals surface area contributed by atoms with Crippen LogP contribution in [0.2, 0.25) is 0 Å². The summed E-state index contributed by atoms with van der Waals surface area (Å²) in [6.45, 7) is 5.76. The van der Waals surface area contributed by atoms with Gasteiger partial charge in [0.05, 0.1) is 10.7 Å². The van der Waals surface area contributed by atoms with Crippen molar-refractivity contribution in [2.24, 2.45) is 4.99 Å². The van der Waals surface area contributed by atoms with Gasteiger partial charge >= 0.3 is 0 Å². The first-order valence-electron chi connectivity index (χ1n) is 9.34. The van der Waals surface area contributed by atoms with Crippen molar-refractivity contribution in [1.29, 1.82) is 0 Å². The Morgan fingerprint density at radius 2 is 2.14 bits per heavy atom. The van der Waals surface area contributed by atoms with Crippen LogP contribution >= 0.6 is 35.3 Å². The SMILES string of the molecule is CN=C(NCCc1csc(C(C)C)n1)NCC1CC(=O)Nc2ccccc21.I. The smallest absolute Gasteiger partial charge is 0.225 e. The van der Waals surface area contributed by atoms with E-state index in [9.17, 15) is 4.79 Å². The summed E-state index contributed by atoms with van der Waals surface area (Å²) in [7, 11) is 1.76. The highest BCUT2D eigenvalue weighted by Crippen LogP contribution is 2.31. The van der Waals surface area contributed by atoms with E-state index in [4.69, 9.17) is 0 Å². The van der Waals surface area contributed by atoms with E-state index in [1.54, 1.807) is 18.4 Å². The number of rotatable bonds is 6. The van der Waals surface area contributed by atoms with E-state index in [-0.39, 0.29) is 35.8 Å². The molecule has 1 aromatic carbocycles. The number of para-hydroxylation sites is 1. The lowest BCUT2D eigenvalue weighted by atomic mass is 9.90. The van der Waals surface area contributed by atoms with Crippen LogP contribution in [0, 0.1) is 0 Å². The molecule has 1 aliphatic rings. The summed E-state index contributed by atoms with van der Waals surface area (Å²) >= 11 is 1.72. The minimum Gasteiger partial charge on any atom is -0.356 e. The third kappa shape index (κ3) is 5.91. The van der Waals surface area contributed by atoms with Crippen LogP contribution in [0.5, 0.6) is 0 Å². The van der Waals surface area contributed by atoms with Crippen LogP contribution < -0.4 is 16.0 Å². The zero-order valence-electron chi connectivity index (χ0n) is 16.5.